The highest BCUT2D eigenvalue weighted by Gasteiger charge is 2.21. The molecule has 4 aromatic rings. The topological polar surface area (TPSA) is 74.6 Å². The first-order chi connectivity index (χ1) is 14.4. The van der Waals surface area contributed by atoms with Crippen molar-refractivity contribution in [2.24, 2.45) is 0 Å². The molecule has 0 bridgehead atoms. The number of ketones is 1. The van der Waals surface area contributed by atoms with E-state index in [0.717, 1.165) is 38.4 Å². The van der Waals surface area contributed by atoms with Crippen LogP contribution in [0.5, 0.6) is 5.75 Å². The number of aryl methyl sites for hydroxylation is 1. The van der Waals surface area contributed by atoms with Gasteiger partial charge < -0.3 is 10.2 Å². The highest BCUT2D eigenvalue weighted by molar-refractivity contribution is 7.21. The van der Waals surface area contributed by atoms with Crippen molar-refractivity contribution < 1.29 is 19.8 Å². The summed E-state index contributed by atoms with van der Waals surface area (Å²) in [6, 6.07) is 20.0. The summed E-state index contributed by atoms with van der Waals surface area (Å²) in [6.07, 6.45) is 2.61. The number of carbonyl (C=O) groups excluding carboxylic acids is 1. The largest absolute Gasteiger partial charge is 0.508 e. The average molecular weight is 414 g/mol. The molecule has 0 radical (unpaired) electrons. The highest BCUT2D eigenvalue weighted by Crippen LogP contribution is 2.41. The first kappa shape index (κ1) is 19.6. The number of thiophene rings is 1. The van der Waals surface area contributed by atoms with Crippen molar-refractivity contribution in [1.29, 1.82) is 0 Å². The van der Waals surface area contributed by atoms with Gasteiger partial charge in [0.2, 0.25) is 5.78 Å². The molecule has 0 amide bonds. The van der Waals surface area contributed by atoms with E-state index in [-0.39, 0.29) is 11.5 Å². The minimum atomic E-state index is -1.01. The fourth-order valence-corrected chi connectivity index (χ4v) is 4.52. The SMILES string of the molecule is Cc1ccc(C(=O)c2sc3cc(O)ccc3c2-c2ccc(/C=C/C(=O)O)cc2)cc1. The van der Waals surface area contributed by atoms with Gasteiger partial charge in [0, 0.05) is 27.3 Å². The van der Waals surface area contributed by atoms with Gasteiger partial charge >= 0.3 is 5.97 Å². The van der Waals surface area contributed by atoms with E-state index in [1.165, 1.54) is 17.4 Å². The Labute approximate surface area is 177 Å². The second kappa shape index (κ2) is 7.97. The van der Waals surface area contributed by atoms with Crippen molar-refractivity contribution in [2.75, 3.05) is 0 Å². The lowest BCUT2D eigenvalue weighted by atomic mass is 9.97. The smallest absolute Gasteiger partial charge is 0.328 e. The van der Waals surface area contributed by atoms with Crippen LogP contribution in [0.4, 0.5) is 0 Å². The Morgan fingerprint density at radius 3 is 2.30 bits per heavy atom. The molecule has 4 nitrogen and oxygen atoms in total. The molecule has 0 saturated heterocycles. The van der Waals surface area contributed by atoms with Crippen molar-refractivity contribution in [3.63, 3.8) is 0 Å². The van der Waals surface area contributed by atoms with Crippen LogP contribution in [0.25, 0.3) is 27.3 Å². The van der Waals surface area contributed by atoms with E-state index < -0.39 is 5.97 Å². The van der Waals surface area contributed by atoms with Gasteiger partial charge in [-0.2, -0.15) is 0 Å². The third kappa shape index (κ3) is 3.88. The second-order valence-corrected chi connectivity index (χ2v) is 8.03. The number of phenolic OH excluding ortho intramolecular Hbond substituents is 1. The lowest BCUT2D eigenvalue weighted by Crippen LogP contribution is -2.00. The molecule has 0 spiro atoms. The number of rotatable bonds is 5. The zero-order valence-electron chi connectivity index (χ0n) is 16.1. The molecule has 0 aliphatic rings. The molecular weight excluding hydrogens is 396 g/mol. The summed E-state index contributed by atoms with van der Waals surface area (Å²) in [5.41, 5.74) is 4.12. The number of fused-ring (bicyclic) bond motifs is 1. The van der Waals surface area contributed by atoms with Crippen molar-refractivity contribution in [3.05, 3.63) is 94.4 Å². The molecule has 0 aliphatic carbocycles. The van der Waals surface area contributed by atoms with E-state index in [1.807, 2.05) is 61.5 Å². The quantitative estimate of drug-likeness (QED) is 0.314. The second-order valence-electron chi connectivity index (χ2n) is 6.98. The molecule has 4 rings (SSSR count). The number of aromatic hydroxyl groups is 1. The predicted octanol–water partition coefficient (Wildman–Crippen LogP) is 5.91. The van der Waals surface area contributed by atoms with Crippen LogP contribution < -0.4 is 0 Å². The summed E-state index contributed by atoms with van der Waals surface area (Å²) in [6.45, 7) is 1.97. The van der Waals surface area contributed by atoms with Crippen LogP contribution in [0.1, 0.15) is 26.4 Å². The third-order valence-corrected chi connectivity index (χ3v) is 5.96. The van der Waals surface area contributed by atoms with Crippen molar-refractivity contribution >= 4 is 39.3 Å². The Balaban J connectivity index is 1.85. The zero-order chi connectivity index (χ0) is 21.3. The van der Waals surface area contributed by atoms with E-state index in [0.29, 0.717) is 10.4 Å². The van der Waals surface area contributed by atoms with E-state index in [2.05, 4.69) is 0 Å². The maximum atomic E-state index is 13.3. The minimum Gasteiger partial charge on any atom is -0.508 e. The first-order valence-corrected chi connectivity index (χ1v) is 10.1. The predicted molar refractivity (Wildman–Crippen MR) is 120 cm³/mol. The zero-order valence-corrected chi connectivity index (χ0v) is 16.9. The Kier molecular flexibility index (Phi) is 5.21. The normalized spacial score (nSPS) is 11.2. The molecule has 148 valence electrons. The molecule has 0 fully saturated rings. The van der Waals surface area contributed by atoms with Gasteiger partial charge in [0.1, 0.15) is 5.75 Å². The van der Waals surface area contributed by atoms with Gasteiger partial charge in [-0.25, -0.2) is 4.79 Å². The Morgan fingerprint density at radius 1 is 0.933 bits per heavy atom. The van der Waals surface area contributed by atoms with Crippen LogP contribution in [0.3, 0.4) is 0 Å². The number of hydrogen-bond donors (Lipinski definition) is 2. The van der Waals surface area contributed by atoms with Gasteiger partial charge in [-0.3, -0.25) is 4.79 Å². The molecule has 0 atom stereocenters. The van der Waals surface area contributed by atoms with Crippen molar-refractivity contribution in [2.45, 2.75) is 6.92 Å². The van der Waals surface area contributed by atoms with Crippen LogP contribution >= 0.6 is 11.3 Å². The lowest BCUT2D eigenvalue weighted by molar-refractivity contribution is -0.131. The average Bonchev–Trinajstić information content (AvgIpc) is 3.11. The van der Waals surface area contributed by atoms with Crippen LogP contribution in [-0.4, -0.2) is 22.0 Å². The number of phenols is 1. The van der Waals surface area contributed by atoms with E-state index in [4.69, 9.17) is 5.11 Å². The molecular formula is C25H18O4S. The summed E-state index contributed by atoms with van der Waals surface area (Å²) in [5.74, 6) is -0.923. The molecule has 2 N–H and O–H groups in total. The molecule has 0 saturated carbocycles. The van der Waals surface area contributed by atoms with Gasteiger partial charge in [0.25, 0.3) is 0 Å². The Hall–Kier alpha value is -3.70. The molecule has 3 aromatic carbocycles. The van der Waals surface area contributed by atoms with Gasteiger partial charge in [-0.1, -0.05) is 54.1 Å². The van der Waals surface area contributed by atoms with Crippen molar-refractivity contribution in [1.82, 2.24) is 0 Å². The summed E-state index contributed by atoms with van der Waals surface area (Å²) in [7, 11) is 0. The fraction of sp³-hybridized carbons (Fsp3) is 0.0400. The number of carboxylic acid groups (broad SMARTS) is 1. The van der Waals surface area contributed by atoms with E-state index in [9.17, 15) is 14.7 Å². The minimum absolute atomic E-state index is 0.0689. The van der Waals surface area contributed by atoms with Crippen LogP contribution in [0.2, 0.25) is 0 Å². The fourth-order valence-electron chi connectivity index (χ4n) is 3.30. The first-order valence-electron chi connectivity index (χ1n) is 9.31. The maximum Gasteiger partial charge on any atom is 0.328 e. The maximum absolute atomic E-state index is 13.3. The van der Waals surface area contributed by atoms with Gasteiger partial charge in [-0.15, -0.1) is 11.3 Å². The number of carboxylic acids is 1. The van der Waals surface area contributed by atoms with Gasteiger partial charge in [0.05, 0.1) is 4.88 Å². The molecule has 1 aromatic heterocycles. The molecule has 30 heavy (non-hydrogen) atoms. The summed E-state index contributed by atoms with van der Waals surface area (Å²) >= 11 is 1.36. The molecule has 1 heterocycles. The summed E-state index contributed by atoms with van der Waals surface area (Å²) < 4.78 is 0.829. The molecule has 0 aliphatic heterocycles. The number of carbonyl (C=O) groups is 2. The summed E-state index contributed by atoms with van der Waals surface area (Å²) in [4.78, 5) is 24.7. The van der Waals surface area contributed by atoms with Crippen LogP contribution in [0, 0.1) is 6.92 Å². The van der Waals surface area contributed by atoms with Gasteiger partial charge in [-0.05, 0) is 42.3 Å². The third-order valence-electron chi connectivity index (χ3n) is 4.81. The molecule has 0 unspecified atom stereocenters. The van der Waals surface area contributed by atoms with Crippen molar-refractivity contribution in [3.8, 4) is 16.9 Å². The summed E-state index contributed by atoms with van der Waals surface area (Å²) in [5, 5.41) is 19.6. The van der Waals surface area contributed by atoms with E-state index >= 15 is 0 Å². The number of hydrogen-bond acceptors (Lipinski definition) is 4. The Bertz CT molecular complexity index is 1280. The molecule has 5 heteroatoms. The highest BCUT2D eigenvalue weighted by atomic mass is 32.1. The Morgan fingerprint density at radius 2 is 1.63 bits per heavy atom. The standard InChI is InChI=1S/C25H18O4S/c1-15-2-7-18(8-3-15)24(29)25-23(20-12-11-19(26)14-21(20)30-25)17-9-4-16(5-10-17)6-13-22(27)28/h2-14,26H,1H3,(H,27,28)/b13-6+. The number of aliphatic carboxylic acids is 1. The monoisotopic (exact) mass is 414 g/mol. The lowest BCUT2D eigenvalue weighted by Gasteiger charge is -2.06. The number of benzene rings is 3. The van der Waals surface area contributed by atoms with E-state index in [1.54, 1.807) is 12.1 Å². The van der Waals surface area contributed by atoms with Crippen LogP contribution in [0.15, 0.2) is 72.8 Å². The van der Waals surface area contributed by atoms with Crippen LogP contribution in [-0.2, 0) is 4.79 Å². The van der Waals surface area contributed by atoms with Gasteiger partial charge in [0.15, 0.2) is 0 Å².